The van der Waals surface area contributed by atoms with Crippen LogP contribution >= 0.6 is 0 Å². The molecule has 2 amide bonds. The van der Waals surface area contributed by atoms with Gasteiger partial charge in [-0.1, -0.05) is 42.5 Å². The molecule has 4 nitrogen and oxygen atoms in total. The molecule has 112 valence electrons. The van der Waals surface area contributed by atoms with Crippen LogP contribution in [0, 0.1) is 5.41 Å². The Hall–Kier alpha value is -2.10. The Kier molecular flexibility index (Phi) is 4.46. The molecule has 1 aromatic carbocycles. The lowest BCUT2D eigenvalue weighted by Gasteiger charge is -2.27. The minimum absolute atomic E-state index is 0.00951. The van der Waals surface area contributed by atoms with Crippen molar-refractivity contribution in [1.29, 1.82) is 0 Å². The standard InChI is InChI=1S/C17H22N2O2/c1-13(2)17(12-15(18)20)9-11-19(16(17)21)10-8-14-6-4-3-5-7-14/h3-7H,1,8-12H2,2H3,(H2,18,20). The maximum Gasteiger partial charge on any atom is 0.233 e. The number of nitrogens with zero attached hydrogens (tertiary/aromatic N) is 1. The number of primary amides is 1. The third kappa shape index (κ3) is 3.15. The molecule has 1 unspecified atom stereocenters. The van der Waals surface area contributed by atoms with Crippen molar-refractivity contribution < 1.29 is 9.59 Å². The van der Waals surface area contributed by atoms with E-state index in [2.05, 4.69) is 18.7 Å². The summed E-state index contributed by atoms with van der Waals surface area (Å²) in [7, 11) is 0. The zero-order valence-electron chi connectivity index (χ0n) is 12.5. The molecule has 1 heterocycles. The molecule has 1 fully saturated rings. The molecule has 0 aromatic heterocycles. The summed E-state index contributed by atoms with van der Waals surface area (Å²) in [5.41, 5.74) is 6.46. The summed E-state index contributed by atoms with van der Waals surface area (Å²) in [6.07, 6.45) is 1.50. The number of carbonyl (C=O) groups excluding carboxylic acids is 2. The highest BCUT2D eigenvalue weighted by Gasteiger charge is 2.47. The lowest BCUT2D eigenvalue weighted by molar-refractivity contribution is -0.137. The Morgan fingerprint density at radius 1 is 1.38 bits per heavy atom. The number of likely N-dealkylation sites (tertiary alicyclic amines) is 1. The predicted octanol–water partition coefficient (Wildman–Crippen LogP) is 1.90. The SMILES string of the molecule is C=C(C)C1(CC(N)=O)CCN(CCc2ccccc2)C1=O. The first-order chi connectivity index (χ1) is 9.95. The fourth-order valence-electron chi connectivity index (χ4n) is 2.97. The van der Waals surface area contributed by atoms with Crippen LogP contribution in [-0.4, -0.2) is 29.8 Å². The topological polar surface area (TPSA) is 63.4 Å². The molecule has 1 aliphatic rings. The van der Waals surface area contributed by atoms with E-state index in [1.807, 2.05) is 30.0 Å². The second kappa shape index (κ2) is 6.12. The summed E-state index contributed by atoms with van der Waals surface area (Å²) in [4.78, 5) is 25.8. The number of amides is 2. The van der Waals surface area contributed by atoms with Crippen LogP contribution < -0.4 is 5.73 Å². The van der Waals surface area contributed by atoms with E-state index in [4.69, 9.17) is 5.73 Å². The van der Waals surface area contributed by atoms with Gasteiger partial charge in [0.05, 0.1) is 5.41 Å². The average Bonchev–Trinajstić information content (AvgIpc) is 2.75. The molecule has 21 heavy (non-hydrogen) atoms. The number of carbonyl (C=O) groups is 2. The van der Waals surface area contributed by atoms with Crippen molar-refractivity contribution >= 4 is 11.8 Å². The van der Waals surface area contributed by atoms with Crippen molar-refractivity contribution in [2.24, 2.45) is 11.1 Å². The molecule has 1 aromatic rings. The van der Waals surface area contributed by atoms with Crippen LogP contribution in [0.3, 0.4) is 0 Å². The molecule has 0 aliphatic carbocycles. The van der Waals surface area contributed by atoms with E-state index in [1.54, 1.807) is 0 Å². The van der Waals surface area contributed by atoms with E-state index in [0.717, 1.165) is 12.0 Å². The van der Waals surface area contributed by atoms with Crippen molar-refractivity contribution in [2.75, 3.05) is 13.1 Å². The van der Waals surface area contributed by atoms with Gasteiger partial charge in [0, 0.05) is 19.5 Å². The van der Waals surface area contributed by atoms with E-state index >= 15 is 0 Å². The summed E-state index contributed by atoms with van der Waals surface area (Å²) in [5, 5.41) is 0. The normalized spacial score (nSPS) is 21.6. The van der Waals surface area contributed by atoms with Crippen LogP contribution in [0.5, 0.6) is 0 Å². The van der Waals surface area contributed by atoms with Crippen LogP contribution in [0.15, 0.2) is 42.5 Å². The smallest absolute Gasteiger partial charge is 0.233 e. The van der Waals surface area contributed by atoms with Crippen LogP contribution in [0.4, 0.5) is 0 Å². The largest absolute Gasteiger partial charge is 0.370 e. The Morgan fingerprint density at radius 2 is 2.05 bits per heavy atom. The van der Waals surface area contributed by atoms with Crippen LogP contribution in [0.25, 0.3) is 0 Å². The molecule has 1 aliphatic heterocycles. The van der Waals surface area contributed by atoms with Gasteiger partial charge in [0.1, 0.15) is 0 Å². The molecule has 4 heteroatoms. The third-order valence-corrected chi connectivity index (χ3v) is 4.31. The lowest BCUT2D eigenvalue weighted by atomic mass is 9.77. The zero-order chi connectivity index (χ0) is 15.5. The molecular formula is C17H22N2O2. The Labute approximate surface area is 125 Å². The average molecular weight is 286 g/mol. The molecule has 1 saturated heterocycles. The first kappa shape index (κ1) is 15.3. The van der Waals surface area contributed by atoms with Gasteiger partial charge >= 0.3 is 0 Å². The van der Waals surface area contributed by atoms with E-state index in [9.17, 15) is 9.59 Å². The third-order valence-electron chi connectivity index (χ3n) is 4.31. The Bertz CT molecular complexity index is 553. The summed E-state index contributed by atoms with van der Waals surface area (Å²) >= 11 is 0. The number of hydrogen-bond acceptors (Lipinski definition) is 2. The maximum atomic E-state index is 12.7. The van der Waals surface area contributed by atoms with Gasteiger partial charge in [-0.2, -0.15) is 0 Å². The molecule has 1 atom stereocenters. The maximum absolute atomic E-state index is 12.7. The number of rotatable bonds is 6. The quantitative estimate of drug-likeness (QED) is 0.812. The molecule has 2 N–H and O–H groups in total. The zero-order valence-corrected chi connectivity index (χ0v) is 12.5. The summed E-state index contributed by atoms with van der Waals surface area (Å²) in [6.45, 7) is 7.04. The van der Waals surface area contributed by atoms with E-state index in [1.165, 1.54) is 5.56 Å². The van der Waals surface area contributed by atoms with Gasteiger partial charge in [0.15, 0.2) is 0 Å². The van der Waals surface area contributed by atoms with Crippen molar-refractivity contribution in [3.8, 4) is 0 Å². The van der Waals surface area contributed by atoms with Crippen LogP contribution in [0.1, 0.15) is 25.3 Å². The van der Waals surface area contributed by atoms with Crippen LogP contribution in [-0.2, 0) is 16.0 Å². The van der Waals surface area contributed by atoms with Gasteiger partial charge < -0.3 is 10.6 Å². The van der Waals surface area contributed by atoms with E-state index in [0.29, 0.717) is 19.5 Å². The first-order valence-electron chi connectivity index (χ1n) is 7.23. The number of hydrogen-bond donors (Lipinski definition) is 1. The number of benzene rings is 1. The highest BCUT2D eigenvalue weighted by molar-refractivity contribution is 5.92. The second-order valence-electron chi connectivity index (χ2n) is 5.78. The fourth-order valence-corrected chi connectivity index (χ4v) is 2.97. The summed E-state index contributed by atoms with van der Waals surface area (Å²) < 4.78 is 0. The molecule has 2 rings (SSSR count). The van der Waals surface area contributed by atoms with Gasteiger partial charge in [0.25, 0.3) is 0 Å². The fraction of sp³-hybridized carbons (Fsp3) is 0.412. The molecule has 0 radical (unpaired) electrons. The molecule has 0 saturated carbocycles. The summed E-state index contributed by atoms with van der Waals surface area (Å²) in [6, 6.07) is 10.1. The molecule has 0 bridgehead atoms. The second-order valence-corrected chi connectivity index (χ2v) is 5.78. The Morgan fingerprint density at radius 3 is 2.62 bits per heavy atom. The first-order valence-corrected chi connectivity index (χ1v) is 7.23. The van der Waals surface area contributed by atoms with Crippen molar-refractivity contribution in [1.82, 2.24) is 4.90 Å². The minimum Gasteiger partial charge on any atom is -0.370 e. The monoisotopic (exact) mass is 286 g/mol. The van der Waals surface area contributed by atoms with E-state index in [-0.39, 0.29) is 12.3 Å². The van der Waals surface area contributed by atoms with Gasteiger partial charge in [-0.05, 0) is 25.3 Å². The highest BCUT2D eigenvalue weighted by atomic mass is 16.2. The van der Waals surface area contributed by atoms with Gasteiger partial charge in [-0.3, -0.25) is 9.59 Å². The van der Waals surface area contributed by atoms with Crippen LogP contribution in [0.2, 0.25) is 0 Å². The number of nitrogens with two attached hydrogens (primary N) is 1. The van der Waals surface area contributed by atoms with Gasteiger partial charge in [-0.25, -0.2) is 0 Å². The Balaban J connectivity index is 2.06. The van der Waals surface area contributed by atoms with E-state index < -0.39 is 11.3 Å². The summed E-state index contributed by atoms with van der Waals surface area (Å²) in [5.74, 6) is -0.457. The molecular weight excluding hydrogens is 264 g/mol. The highest BCUT2D eigenvalue weighted by Crippen LogP contribution is 2.41. The van der Waals surface area contributed by atoms with Gasteiger partial charge in [-0.15, -0.1) is 0 Å². The van der Waals surface area contributed by atoms with Crippen molar-refractivity contribution in [2.45, 2.75) is 26.2 Å². The van der Waals surface area contributed by atoms with Crippen molar-refractivity contribution in [3.05, 3.63) is 48.0 Å². The van der Waals surface area contributed by atoms with Crippen molar-refractivity contribution in [3.63, 3.8) is 0 Å². The molecule has 0 spiro atoms. The minimum atomic E-state index is -0.789. The predicted molar refractivity (Wildman–Crippen MR) is 82.4 cm³/mol. The van der Waals surface area contributed by atoms with Gasteiger partial charge in [0.2, 0.25) is 11.8 Å². The lowest BCUT2D eigenvalue weighted by Crippen LogP contribution is -2.39.